The minimum atomic E-state index is -1.32. The second kappa shape index (κ2) is 20.9. The minimum absolute atomic E-state index is 0.0257. The largest absolute Gasteiger partial charge is 0.493 e. The first-order chi connectivity index (χ1) is 29.5. The number of benzene rings is 3. The average Bonchev–Trinajstić information content (AvgIpc) is 3.64. The van der Waals surface area contributed by atoms with E-state index in [1.54, 1.807) is 88.4 Å². The summed E-state index contributed by atoms with van der Waals surface area (Å²) < 4.78 is 28.4. The molecule has 4 amide bonds. The van der Waals surface area contributed by atoms with E-state index in [1.165, 1.54) is 19.1 Å². The van der Waals surface area contributed by atoms with E-state index in [2.05, 4.69) is 10.6 Å². The summed E-state index contributed by atoms with van der Waals surface area (Å²) in [5.74, 6) is -3.02. The Balaban J connectivity index is 1.57. The number of fused-ring (bicyclic) bond motifs is 5. The number of methoxy groups -OCH3 is 1. The molecule has 16 nitrogen and oxygen atoms in total. The van der Waals surface area contributed by atoms with Gasteiger partial charge in [0.25, 0.3) is 0 Å². The highest BCUT2D eigenvalue weighted by atomic mass is 16.6. The second-order valence-electron chi connectivity index (χ2n) is 16.4. The molecule has 0 unspecified atom stereocenters. The Labute approximate surface area is 361 Å². The molecule has 2 heterocycles. The third kappa shape index (κ3) is 12.1. The predicted molar refractivity (Wildman–Crippen MR) is 226 cm³/mol. The van der Waals surface area contributed by atoms with E-state index < -0.39 is 65.4 Å². The molecule has 1 saturated heterocycles. The molecule has 1 fully saturated rings. The number of nitrogens with one attached hydrogen (secondary N) is 2. The van der Waals surface area contributed by atoms with Gasteiger partial charge in [0, 0.05) is 43.4 Å². The van der Waals surface area contributed by atoms with Gasteiger partial charge in [0.05, 0.1) is 26.8 Å². The van der Waals surface area contributed by atoms with Crippen LogP contribution in [0.25, 0.3) is 11.1 Å². The number of Topliss-reactive ketones (excluding diaryl/α,β-unsaturated/α-hetero) is 2. The smallest absolute Gasteiger partial charge is 0.411 e. The van der Waals surface area contributed by atoms with Crippen molar-refractivity contribution in [3.05, 3.63) is 83.4 Å². The standard InChI is InChI=1S/C46H56N4O12/c1-8-19-59-39-17-15-31-24-34(39)33-22-30(14-16-38(33)60-20-18-47-44(56)62-46(3,4)5)23-35(43(55)58-7)48-41(53)28(2)21-37(52)40(31)49(6)42(54)36-25-32(51)26-50(36)45(57)61-27-29-12-10-9-11-13-29/h9-17,22,24,28,35-36,40H,8,18-21,23,25-27H2,1-7H3,(H,47,56)(H,48,53)/t28-,35+,36+,40+/m1/s1. The van der Waals surface area contributed by atoms with E-state index in [4.69, 9.17) is 23.7 Å². The second-order valence-corrected chi connectivity index (χ2v) is 16.4. The number of likely N-dealkylation sites (tertiary alicyclic amines) is 1. The van der Waals surface area contributed by atoms with E-state index in [9.17, 15) is 33.6 Å². The van der Waals surface area contributed by atoms with E-state index >= 15 is 0 Å². The molecule has 0 radical (unpaired) electrons. The van der Waals surface area contributed by atoms with Gasteiger partial charge in [-0.05, 0) is 68.1 Å². The summed E-state index contributed by atoms with van der Waals surface area (Å²) >= 11 is 0. The molecule has 0 aliphatic carbocycles. The van der Waals surface area contributed by atoms with Crippen molar-refractivity contribution in [2.75, 3.05) is 40.5 Å². The fourth-order valence-corrected chi connectivity index (χ4v) is 7.22. The molecular weight excluding hydrogens is 801 g/mol. The van der Waals surface area contributed by atoms with E-state index in [0.717, 1.165) is 4.90 Å². The summed E-state index contributed by atoms with van der Waals surface area (Å²) in [6.07, 6.45) is -1.41. The number of nitrogens with zero attached hydrogens (tertiary/aromatic N) is 2. The van der Waals surface area contributed by atoms with Gasteiger partial charge in [0.2, 0.25) is 11.8 Å². The highest BCUT2D eigenvalue weighted by Gasteiger charge is 2.44. The van der Waals surface area contributed by atoms with Crippen molar-refractivity contribution in [1.29, 1.82) is 0 Å². The van der Waals surface area contributed by atoms with Crippen LogP contribution in [0.5, 0.6) is 11.5 Å². The monoisotopic (exact) mass is 856 g/mol. The summed E-state index contributed by atoms with van der Waals surface area (Å²) in [4.78, 5) is 96.7. The Morgan fingerprint density at radius 1 is 0.887 bits per heavy atom. The summed E-state index contributed by atoms with van der Waals surface area (Å²) in [6.45, 7) is 8.77. The van der Waals surface area contributed by atoms with Crippen LogP contribution >= 0.6 is 0 Å². The number of esters is 1. The van der Waals surface area contributed by atoms with Crippen LogP contribution in [0.3, 0.4) is 0 Å². The van der Waals surface area contributed by atoms with E-state index in [0.29, 0.717) is 52.3 Å². The number of carbonyl (C=O) groups excluding carboxylic acids is 7. The molecule has 3 aromatic carbocycles. The third-order valence-electron chi connectivity index (χ3n) is 10.2. The average molecular weight is 857 g/mol. The molecule has 16 heteroatoms. The van der Waals surface area contributed by atoms with Gasteiger partial charge in [0.1, 0.15) is 48.4 Å². The first-order valence-corrected chi connectivity index (χ1v) is 20.7. The van der Waals surface area contributed by atoms with Gasteiger partial charge in [-0.15, -0.1) is 0 Å². The summed E-state index contributed by atoms with van der Waals surface area (Å²) in [5, 5.41) is 5.41. The highest BCUT2D eigenvalue weighted by Crippen LogP contribution is 2.41. The van der Waals surface area contributed by atoms with Crippen molar-refractivity contribution in [1.82, 2.24) is 20.4 Å². The van der Waals surface area contributed by atoms with E-state index in [1.807, 2.05) is 13.0 Å². The summed E-state index contributed by atoms with van der Waals surface area (Å²) in [7, 11) is 2.62. The van der Waals surface area contributed by atoms with Gasteiger partial charge in [-0.25, -0.2) is 14.4 Å². The lowest BCUT2D eigenvalue weighted by Gasteiger charge is -2.33. The molecule has 62 heavy (non-hydrogen) atoms. The van der Waals surface area contributed by atoms with Crippen LogP contribution in [0.4, 0.5) is 9.59 Å². The van der Waals surface area contributed by atoms with Gasteiger partial charge in [-0.2, -0.15) is 0 Å². The molecule has 2 aliphatic heterocycles. The van der Waals surface area contributed by atoms with Crippen molar-refractivity contribution in [2.24, 2.45) is 5.92 Å². The molecule has 0 aromatic heterocycles. The molecule has 2 N–H and O–H groups in total. The lowest BCUT2D eigenvalue weighted by molar-refractivity contribution is -0.146. The molecule has 0 spiro atoms. The molecule has 4 atom stereocenters. The molecule has 0 saturated carbocycles. The van der Waals surface area contributed by atoms with Crippen molar-refractivity contribution >= 4 is 41.5 Å². The number of alkyl carbamates (subject to hydrolysis) is 1. The minimum Gasteiger partial charge on any atom is -0.493 e. The maximum absolute atomic E-state index is 14.6. The molecule has 5 rings (SSSR count). The highest BCUT2D eigenvalue weighted by molar-refractivity contribution is 6.00. The fourth-order valence-electron chi connectivity index (χ4n) is 7.22. The maximum Gasteiger partial charge on any atom is 0.411 e. The van der Waals surface area contributed by atoms with Gasteiger partial charge in [0.15, 0.2) is 11.6 Å². The van der Waals surface area contributed by atoms with Crippen LogP contribution in [0.15, 0.2) is 66.7 Å². The summed E-state index contributed by atoms with van der Waals surface area (Å²) in [6, 6.07) is 15.5. The fraction of sp³-hybridized carbons (Fsp3) is 0.457. The number of hydrogen-bond donors (Lipinski definition) is 2. The molecule has 4 bridgehead atoms. The van der Waals surface area contributed by atoms with Crippen LogP contribution < -0.4 is 20.1 Å². The van der Waals surface area contributed by atoms with Crippen LogP contribution in [0, 0.1) is 5.92 Å². The van der Waals surface area contributed by atoms with Crippen molar-refractivity contribution in [2.45, 2.75) is 90.6 Å². The van der Waals surface area contributed by atoms with Crippen molar-refractivity contribution < 1.29 is 57.2 Å². The van der Waals surface area contributed by atoms with Crippen LogP contribution in [0.1, 0.15) is 76.6 Å². The van der Waals surface area contributed by atoms with Gasteiger partial charge in [-0.1, -0.05) is 56.3 Å². The third-order valence-corrected chi connectivity index (χ3v) is 10.2. The molecular formula is C46H56N4O12. The maximum atomic E-state index is 14.6. The first-order valence-electron chi connectivity index (χ1n) is 20.7. The van der Waals surface area contributed by atoms with Crippen LogP contribution in [-0.2, 0) is 51.2 Å². The van der Waals surface area contributed by atoms with Gasteiger partial charge >= 0.3 is 18.2 Å². The zero-order valence-corrected chi connectivity index (χ0v) is 36.3. The molecule has 332 valence electrons. The number of likely N-dealkylation sites (N-methyl/N-ethyl adjacent to an activating group) is 1. The Bertz CT molecular complexity index is 2140. The van der Waals surface area contributed by atoms with Crippen LogP contribution in [-0.4, -0.2) is 109 Å². The quantitative estimate of drug-likeness (QED) is 0.135. The number of ether oxygens (including phenoxy) is 5. The van der Waals surface area contributed by atoms with E-state index in [-0.39, 0.29) is 51.3 Å². The molecule has 2 aliphatic rings. The van der Waals surface area contributed by atoms with Crippen molar-refractivity contribution in [3.63, 3.8) is 0 Å². The first kappa shape index (κ1) is 46.6. The SMILES string of the molecule is CCCOc1ccc2cc1-c1cc(ccc1OCCNC(=O)OC(C)(C)C)C[C@@H](C(=O)OC)NC(=O)[C@H](C)CC(=O)[C@H]2N(C)C(=O)[C@@H]1CC(=O)CN1C(=O)OCc1ccccc1. The topological polar surface area (TPSA) is 196 Å². The zero-order chi connectivity index (χ0) is 45.1. The van der Waals surface area contributed by atoms with Crippen LogP contribution in [0.2, 0.25) is 0 Å². The lowest BCUT2D eigenvalue weighted by atomic mass is 9.89. The predicted octanol–water partition coefficient (Wildman–Crippen LogP) is 5.33. The Morgan fingerprint density at radius 2 is 1.56 bits per heavy atom. The number of rotatable bonds is 12. The lowest BCUT2D eigenvalue weighted by Crippen LogP contribution is -2.49. The Morgan fingerprint density at radius 3 is 2.24 bits per heavy atom. The number of amides is 4. The normalized spacial score (nSPS) is 19.1. The van der Waals surface area contributed by atoms with Gasteiger partial charge in [-0.3, -0.25) is 24.1 Å². The van der Waals surface area contributed by atoms with Gasteiger partial charge < -0.3 is 39.2 Å². The number of carbonyl (C=O) groups is 7. The zero-order valence-electron chi connectivity index (χ0n) is 36.3. The Kier molecular flexibility index (Phi) is 15.7. The molecule has 3 aromatic rings. The van der Waals surface area contributed by atoms with Crippen molar-refractivity contribution in [3.8, 4) is 22.6 Å². The number of ketones is 2. The number of hydrogen-bond acceptors (Lipinski definition) is 12. The summed E-state index contributed by atoms with van der Waals surface area (Å²) in [5.41, 5.74) is 1.96. The Hall–Kier alpha value is -6.45.